The standard InChI is InChI=1S/C15H29NO6S/c1-6-16(7-2,11-10-12-23(18,19)20)14(21-8-3)13(5)15(17)22-9-4/h6-12H2,1-5H3/p+1. The summed E-state index contributed by atoms with van der Waals surface area (Å²) in [5.74, 6) is -0.244. The van der Waals surface area contributed by atoms with Crippen molar-refractivity contribution in [3.63, 3.8) is 0 Å². The highest BCUT2D eigenvalue weighted by atomic mass is 32.2. The maximum Gasteiger partial charge on any atom is 0.343 e. The molecule has 0 aromatic heterocycles. The van der Waals surface area contributed by atoms with Crippen LogP contribution in [0.5, 0.6) is 0 Å². The van der Waals surface area contributed by atoms with Crippen LogP contribution in [0.15, 0.2) is 11.5 Å². The lowest BCUT2D eigenvalue weighted by molar-refractivity contribution is -0.903. The molecule has 0 rings (SSSR count). The van der Waals surface area contributed by atoms with Gasteiger partial charge in [0, 0.05) is 6.42 Å². The Balaban J connectivity index is 5.60. The summed E-state index contributed by atoms with van der Waals surface area (Å²) in [6.07, 6.45) is 0.271. The summed E-state index contributed by atoms with van der Waals surface area (Å²) in [6, 6.07) is 0. The molecule has 0 atom stereocenters. The van der Waals surface area contributed by atoms with E-state index in [1.54, 1.807) is 13.8 Å². The maximum atomic E-state index is 12.1. The number of hydrogen-bond donors (Lipinski definition) is 1. The highest BCUT2D eigenvalue weighted by molar-refractivity contribution is 7.85. The monoisotopic (exact) mass is 352 g/mol. The first-order valence-corrected chi connectivity index (χ1v) is 9.60. The minimum absolute atomic E-state index is 0.271. The van der Waals surface area contributed by atoms with Crippen LogP contribution in [0.25, 0.3) is 0 Å². The summed E-state index contributed by atoms with van der Waals surface area (Å²) in [7, 11) is -4.00. The van der Waals surface area contributed by atoms with Crippen molar-refractivity contribution in [1.82, 2.24) is 0 Å². The highest BCUT2D eigenvalue weighted by Crippen LogP contribution is 2.24. The molecule has 0 aromatic rings. The van der Waals surface area contributed by atoms with E-state index in [9.17, 15) is 13.2 Å². The third-order valence-corrected chi connectivity index (χ3v) is 4.62. The molecule has 0 fully saturated rings. The van der Waals surface area contributed by atoms with Gasteiger partial charge in [-0.2, -0.15) is 8.42 Å². The van der Waals surface area contributed by atoms with E-state index in [1.807, 2.05) is 20.8 Å². The molecule has 0 amide bonds. The van der Waals surface area contributed by atoms with Crippen molar-refractivity contribution in [2.75, 3.05) is 38.6 Å². The molecule has 0 aliphatic carbocycles. The van der Waals surface area contributed by atoms with Gasteiger partial charge in [-0.1, -0.05) is 0 Å². The third-order valence-electron chi connectivity index (χ3n) is 3.81. The van der Waals surface area contributed by atoms with Gasteiger partial charge < -0.3 is 9.47 Å². The molecule has 0 unspecified atom stereocenters. The zero-order valence-electron chi connectivity index (χ0n) is 14.8. The summed E-state index contributed by atoms with van der Waals surface area (Å²) in [5, 5.41) is 0. The number of carbonyl (C=O) groups excluding carboxylic acids is 1. The number of hydrogen-bond acceptors (Lipinski definition) is 5. The van der Waals surface area contributed by atoms with Crippen molar-refractivity contribution >= 4 is 16.1 Å². The first-order chi connectivity index (χ1) is 10.7. The fraction of sp³-hybridized carbons (Fsp3) is 0.800. The predicted molar refractivity (Wildman–Crippen MR) is 88.2 cm³/mol. The second-order valence-corrected chi connectivity index (χ2v) is 6.80. The Kier molecular flexibility index (Phi) is 9.41. The highest BCUT2D eigenvalue weighted by Gasteiger charge is 2.35. The van der Waals surface area contributed by atoms with Crippen molar-refractivity contribution in [2.45, 2.75) is 41.0 Å². The molecular formula is C15H30NO6S+. The van der Waals surface area contributed by atoms with Gasteiger partial charge in [0.05, 0.1) is 38.6 Å². The fourth-order valence-electron chi connectivity index (χ4n) is 2.54. The molecular weight excluding hydrogens is 322 g/mol. The van der Waals surface area contributed by atoms with Crippen LogP contribution in [-0.2, 0) is 24.4 Å². The third kappa shape index (κ3) is 6.88. The smallest absolute Gasteiger partial charge is 0.343 e. The van der Waals surface area contributed by atoms with Gasteiger partial charge in [-0.05, 0) is 34.6 Å². The number of ether oxygens (including phenoxy) is 2. The molecule has 0 heterocycles. The van der Waals surface area contributed by atoms with Crippen molar-refractivity contribution in [3.05, 3.63) is 11.5 Å². The van der Waals surface area contributed by atoms with Gasteiger partial charge in [-0.15, -0.1) is 0 Å². The molecule has 0 radical (unpaired) electrons. The lowest BCUT2D eigenvalue weighted by Crippen LogP contribution is -2.49. The van der Waals surface area contributed by atoms with E-state index in [0.29, 0.717) is 42.2 Å². The Morgan fingerprint density at radius 1 is 1.04 bits per heavy atom. The van der Waals surface area contributed by atoms with Gasteiger partial charge in [-0.25, -0.2) is 4.79 Å². The predicted octanol–water partition coefficient (Wildman–Crippen LogP) is 1.95. The zero-order valence-corrected chi connectivity index (χ0v) is 15.6. The number of quaternary nitrogens is 1. The van der Waals surface area contributed by atoms with Crippen LogP contribution < -0.4 is 0 Å². The van der Waals surface area contributed by atoms with E-state index >= 15 is 0 Å². The molecule has 0 aromatic carbocycles. The van der Waals surface area contributed by atoms with Crippen molar-refractivity contribution in [1.29, 1.82) is 0 Å². The second-order valence-electron chi connectivity index (χ2n) is 5.22. The number of rotatable bonds is 11. The Morgan fingerprint density at radius 2 is 1.57 bits per heavy atom. The average Bonchev–Trinajstić information content (AvgIpc) is 2.48. The first-order valence-electron chi connectivity index (χ1n) is 8.00. The lowest BCUT2D eigenvalue weighted by Gasteiger charge is -2.37. The summed E-state index contributed by atoms with van der Waals surface area (Å²) >= 11 is 0. The second kappa shape index (κ2) is 9.89. The van der Waals surface area contributed by atoms with Crippen LogP contribution in [0.1, 0.15) is 41.0 Å². The summed E-state index contributed by atoms with van der Waals surface area (Å²) < 4.78 is 41.9. The van der Waals surface area contributed by atoms with E-state index in [-0.39, 0.29) is 18.8 Å². The van der Waals surface area contributed by atoms with E-state index in [2.05, 4.69) is 0 Å². The number of carbonyl (C=O) groups is 1. The molecule has 0 aliphatic rings. The van der Waals surface area contributed by atoms with Crippen LogP contribution in [0.2, 0.25) is 0 Å². The van der Waals surface area contributed by atoms with Crippen LogP contribution in [0.3, 0.4) is 0 Å². The quantitative estimate of drug-likeness (QED) is 0.201. The van der Waals surface area contributed by atoms with Crippen LogP contribution >= 0.6 is 0 Å². The SMILES string of the molecule is CCOC(=O)C(C)=C(OCC)[N+](CC)(CC)CCCS(=O)(=O)O. The molecule has 8 heteroatoms. The van der Waals surface area contributed by atoms with E-state index in [0.717, 1.165) is 0 Å². The molecule has 1 N–H and O–H groups in total. The normalized spacial score (nSPS) is 13.5. The molecule has 0 aliphatic heterocycles. The lowest BCUT2D eigenvalue weighted by atomic mass is 10.2. The largest absolute Gasteiger partial charge is 0.462 e. The van der Waals surface area contributed by atoms with Gasteiger partial charge in [0.25, 0.3) is 10.1 Å². The van der Waals surface area contributed by atoms with Crippen LogP contribution in [0.4, 0.5) is 0 Å². The Bertz CT molecular complexity index is 508. The van der Waals surface area contributed by atoms with Gasteiger partial charge in [0.2, 0.25) is 0 Å². The molecule has 0 bridgehead atoms. The minimum atomic E-state index is -4.00. The molecule has 7 nitrogen and oxygen atoms in total. The van der Waals surface area contributed by atoms with Gasteiger partial charge in [-0.3, -0.25) is 9.04 Å². The zero-order chi connectivity index (χ0) is 18.1. The summed E-state index contributed by atoms with van der Waals surface area (Å²) in [4.78, 5) is 12.1. The van der Waals surface area contributed by atoms with E-state index < -0.39 is 16.1 Å². The summed E-state index contributed by atoms with van der Waals surface area (Å²) in [6.45, 7) is 11.5. The maximum absolute atomic E-state index is 12.1. The van der Waals surface area contributed by atoms with Crippen molar-refractivity contribution in [3.8, 4) is 0 Å². The average molecular weight is 352 g/mol. The Morgan fingerprint density at radius 3 is 1.96 bits per heavy atom. The molecule has 136 valence electrons. The van der Waals surface area contributed by atoms with Gasteiger partial charge in [0.15, 0.2) is 0 Å². The molecule has 23 heavy (non-hydrogen) atoms. The fourth-order valence-corrected chi connectivity index (χ4v) is 3.04. The molecule has 0 saturated carbocycles. The van der Waals surface area contributed by atoms with Gasteiger partial charge >= 0.3 is 11.9 Å². The number of nitrogens with zero attached hydrogens (tertiary/aromatic N) is 1. The molecule has 0 spiro atoms. The Hall–Kier alpha value is -1.12. The van der Waals surface area contributed by atoms with Crippen LogP contribution in [0, 0.1) is 0 Å². The van der Waals surface area contributed by atoms with E-state index in [4.69, 9.17) is 14.0 Å². The van der Waals surface area contributed by atoms with Crippen molar-refractivity contribution in [2.24, 2.45) is 0 Å². The Labute approximate surface area is 139 Å². The number of esters is 1. The topological polar surface area (TPSA) is 89.9 Å². The molecule has 0 saturated heterocycles. The minimum Gasteiger partial charge on any atom is -0.462 e. The first kappa shape index (κ1) is 21.9. The van der Waals surface area contributed by atoms with Crippen LogP contribution in [-0.4, -0.2) is 62.0 Å². The summed E-state index contributed by atoms with van der Waals surface area (Å²) in [5.41, 5.74) is 0.393. The van der Waals surface area contributed by atoms with Gasteiger partial charge in [0.1, 0.15) is 5.57 Å². The van der Waals surface area contributed by atoms with Crippen molar-refractivity contribution < 1.29 is 31.7 Å². The van der Waals surface area contributed by atoms with E-state index in [1.165, 1.54) is 0 Å².